The Balaban J connectivity index is 1.46. The molecular weight excluding hydrogens is 324 g/mol. The fourth-order valence-corrected chi connectivity index (χ4v) is 4.07. The van der Waals surface area contributed by atoms with Gasteiger partial charge in [0.1, 0.15) is 0 Å². The van der Waals surface area contributed by atoms with Gasteiger partial charge in [0.2, 0.25) is 5.95 Å². The molecule has 6 nitrogen and oxygen atoms in total. The first-order chi connectivity index (χ1) is 12.8. The SMILES string of the molecule is CCC1CCCCN1c1cnnc(Nc2ccc(N3CCCC3)cc2)n1. The molecule has 4 rings (SSSR count). The largest absolute Gasteiger partial charge is 0.372 e. The molecule has 1 aromatic carbocycles. The number of rotatable bonds is 5. The zero-order valence-electron chi connectivity index (χ0n) is 15.6. The number of piperidine rings is 1. The molecule has 3 heterocycles. The minimum absolute atomic E-state index is 0.563. The second-order valence-corrected chi connectivity index (χ2v) is 7.26. The van der Waals surface area contributed by atoms with E-state index in [-0.39, 0.29) is 0 Å². The number of nitrogens with zero attached hydrogens (tertiary/aromatic N) is 5. The van der Waals surface area contributed by atoms with Gasteiger partial charge in [0.05, 0.1) is 6.20 Å². The molecule has 2 saturated heterocycles. The van der Waals surface area contributed by atoms with Crippen LogP contribution in [0.2, 0.25) is 0 Å². The normalized spacial score (nSPS) is 20.4. The van der Waals surface area contributed by atoms with Gasteiger partial charge < -0.3 is 15.1 Å². The fraction of sp³-hybridized carbons (Fsp3) is 0.550. The van der Waals surface area contributed by atoms with Crippen molar-refractivity contribution in [1.29, 1.82) is 0 Å². The lowest BCUT2D eigenvalue weighted by atomic mass is 10.0. The van der Waals surface area contributed by atoms with Crippen molar-refractivity contribution < 1.29 is 0 Å². The molecule has 138 valence electrons. The van der Waals surface area contributed by atoms with E-state index in [1.807, 2.05) is 0 Å². The number of anilines is 4. The summed E-state index contributed by atoms with van der Waals surface area (Å²) in [7, 11) is 0. The van der Waals surface area contributed by atoms with Gasteiger partial charge in [-0.15, -0.1) is 5.10 Å². The third kappa shape index (κ3) is 3.74. The molecule has 0 amide bonds. The van der Waals surface area contributed by atoms with E-state index in [1.54, 1.807) is 6.20 Å². The highest BCUT2D eigenvalue weighted by Gasteiger charge is 2.22. The molecule has 2 fully saturated rings. The maximum Gasteiger partial charge on any atom is 0.249 e. The van der Waals surface area contributed by atoms with Gasteiger partial charge in [-0.2, -0.15) is 10.1 Å². The third-order valence-corrected chi connectivity index (χ3v) is 5.53. The molecule has 1 unspecified atom stereocenters. The second kappa shape index (κ2) is 7.89. The van der Waals surface area contributed by atoms with Crippen LogP contribution in [-0.4, -0.2) is 40.9 Å². The average Bonchev–Trinajstić information content (AvgIpc) is 3.23. The van der Waals surface area contributed by atoms with Crippen molar-refractivity contribution in [3.63, 3.8) is 0 Å². The summed E-state index contributed by atoms with van der Waals surface area (Å²) in [6.45, 7) is 5.63. The standard InChI is InChI=1S/C20H28N6/c1-2-17-7-3-4-14-26(17)19-15-21-24-20(23-19)22-16-8-10-18(11-9-16)25-12-5-6-13-25/h8-11,15,17H,2-7,12-14H2,1H3,(H,22,23,24). The lowest BCUT2D eigenvalue weighted by molar-refractivity contribution is 0.446. The highest BCUT2D eigenvalue weighted by molar-refractivity contribution is 5.60. The molecule has 26 heavy (non-hydrogen) atoms. The van der Waals surface area contributed by atoms with E-state index in [0.29, 0.717) is 12.0 Å². The molecule has 0 spiro atoms. The molecule has 1 aromatic heterocycles. The number of nitrogens with one attached hydrogen (secondary N) is 1. The van der Waals surface area contributed by atoms with Crippen molar-refractivity contribution in [3.05, 3.63) is 30.5 Å². The van der Waals surface area contributed by atoms with Crippen LogP contribution >= 0.6 is 0 Å². The van der Waals surface area contributed by atoms with E-state index in [2.05, 4.69) is 56.5 Å². The third-order valence-electron chi connectivity index (χ3n) is 5.53. The van der Waals surface area contributed by atoms with Gasteiger partial charge >= 0.3 is 0 Å². The molecule has 0 bridgehead atoms. The smallest absolute Gasteiger partial charge is 0.249 e. The Kier molecular flexibility index (Phi) is 5.18. The number of hydrogen-bond donors (Lipinski definition) is 1. The summed E-state index contributed by atoms with van der Waals surface area (Å²) in [6, 6.07) is 9.09. The molecule has 2 aliphatic heterocycles. The van der Waals surface area contributed by atoms with Crippen LogP contribution in [0.5, 0.6) is 0 Å². The van der Waals surface area contributed by atoms with Crippen LogP contribution in [0.25, 0.3) is 0 Å². The van der Waals surface area contributed by atoms with Crippen molar-refractivity contribution in [2.24, 2.45) is 0 Å². The first kappa shape index (κ1) is 17.1. The van der Waals surface area contributed by atoms with E-state index in [9.17, 15) is 0 Å². The summed E-state index contributed by atoms with van der Waals surface area (Å²) < 4.78 is 0. The number of hydrogen-bond acceptors (Lipinski definition) is 6. The van der Waals surface area contributed by atoms with Crippen LogP contribution in [0.4, 0.5) is 23.1 Å². The molecule has 1 N–H and O–H groups in total. The Hall–Kier alpha value is -2.37. The van der Waals surface area contributed by atoms with Crippen molar-refractivity contribution in [2.45, 2.75) is 51.5 Å². The number of aromatic nitrogens is 3. The lowest BCUT2D eigenvalue weighted by Crippen LogP contribution is -2.39. The molecular formula is C20H28N6. The van der Waals surface area contributed by atoms with Gasteiger partial charge in [-0.05, 0) is 62.8 Å². The van der Waals surface area contributed by atoms with Crippen LogP contribution in [0, 0.1) is 0 Å². The molecule has 6 heteroatoms. The molecule has 0 aliphatic carbocycles. The first-order valence-corrected chi connectivity index (χ1v) is 9.92. The van der Waals surface area contributed by atoms with E-state index >= 15 is 0 Å². The Morgan fingerprint density at radius 1 is 1.04 bits per heavy atom. The quantitative estimate of drug-likeness (QED) is 0.878. The Morgan fingerprint density at radius 3 is 2.58 bits per heavy atom. The summed E-state index contributed by atoms with van der Waals surface area (Å²) in [5.41, 5.74) is 2.29. The van der Waals surface area contributed by atoms with Gasteiger partial charge in [-0.3, -0.25) is 0 Å². The monoisotopic (exact) mass is 352 g/mol. The summed E-state index contributed by atoms with van der Waals surface area (Å²) in [4.78, 5) is 9.54. The van der Waals surface area contributed by atoms with Gasteiger partial charge in [0, 0.05) is 37.1 Å². The highest BCUT2D eigenvalue weighted by atomic mass is 15.3. The molecule has 2 aromatic rings. The van der Waals surface area contributed by atoms with Crippen LogP contribution in [-0.2, 0) is 0 Å². The topological polar surface area (TPSA) is 57.2 Å². The first-order valence-electron chi connectivity index (χ1n) is 9.92. The van der Waals surface area contributed by atoms with E-state index in [0.717, 1.165) is 37.6 Å². The van der Waals surface area contributed by atoms with Crippen LogP contribution in [0.3, 0.4) is 0 Å². The van der Waals surface area contributed by atoms with Crippen molar-refractivity contribution >= 4 is 23.1 Å². The predicted molar refractivity (Wildman–Crippen MR) is 106 cm³/mol. The average molecular weight is 352 g/mol. The zero-order valence-corrected chi connectivity index (χ0v) is 15.6. The molecule has 0 saturated carbocycles. The Morgan fingerprint density at radius 2 is 1.81 bits per heavy atom. The Bertz CT molecular complexity index is 710. The summed E-state index contributed by atoms with van der Waals surface area (Å²) in [6.07, 6.45) is 9.29. The van der Waals surface area contributed by atoms with Crippen LogP contribution in [0.15, 0.2) is 30.5 Å². The van der Waals surface area contributed by atoms with Gasteiger partial charge in [-0.25, -0.2) is 0 Å². The highest BCUT2D eigenvalue weighted by Crippen LogP contribution is 2.26. The maximum absolute atomic E-state index is 4.72. The van der Waals surface area contributed by atoms with Gasteiger partial charge in [-0.1, -0.05) is 6.92 Å². The summed E-state index contributed by atoms with van der Waals surface area (Å²) in [5, 5.41) is 11.7. The van der Waals surface area contributed by atoms with Gasteiger partial charge in [0.15, 0.2) is 5.82 Å². The van der Waals surface area contributed by atoms with Crippen LogP contribution < -0.4 is 15.1 Å². The zero-order chi connectivity index (χ0) is 17.8. The molecule has 1 atom stereocenters. The van der Waals surface area contributed by atoms with Crippen molar-refractivity contribution in [3.8, 4) is 0 Å². The van der Waals surface area contributed by atoms with Crippen molar-refractivity contribution in [2.75, 3.05) is 34.8 Å². The van der Waals surface area contributed by atoms with E-state index in [1.165, 1.54) is 37.8 Å². The molecule has 2 aliphatic rings. The maximum atomic E-state index is 4.72. The van der Waals surface area contributed by atoms with E-state index in [4.69, 9.17) is 4.98 Å². The minimum atomic E-state index is 0.563. The predicted octanol–water partition coefficient (Wildman–Crippen LogP) is 3.98. The molecule has 0 radical (unpaired) electrons. The van der Waals surface area contributed by atoms with Crippen LogP contribution in [0.1, 0.15) is 45.4 Å². The lowest BCUT2D eigenvalue weighted by Gasteiger charge is -2.35. The minimum Gasteiger partial charge on any atom is -0.372 e. The fourth-order valence-electron chi connectivity index (χ4n) is 4.07. The van der Waals surface area contributed by atoms with Crippen molar-refractivity contribution in [1.82, 2.24) is 15.2 Å². The summed E-state index contributed by atoms with van der Waals surface area (Å²) in [5.74, 6) is 1.50. The Labute approximate surface area is 155 Å². The van der Waals surface area contributed by atoms with E-state index < -0.39 is 0 Å². The number of benzene rings is 1. The summed E-state index contributed by atoms with van der Waals surface area (Å²) >= 11 is 0. The second-order valence-electron chi connectivity index (χ2n) is 7.26. The van der Waals surface area contributed by atoms with Gasteiger partial charge in [0.25, 0.3) is 0 Å².